The van der Waals surface area contributed by atoms with Crippen LogP contribution in [-0.2, 0) is 0 Å². The van der Waals surface area contributed by atoms with Crippen molar-refractivity contribution in [1.29, 1.82) is 0 Å². The monoisotopic (exact) mass is 348 g/mol. The molecule has 0 bridgehead atoms. The van der Waals surface area contributed by atoms with Crippen LogP contribution in [-0.4, -0.2) is 65.6 Å². The minimum Gasteiger partial charge on any atom is -0.324 e. The van der Waals surface area contributed by atoms with Crippen molar-refractivity contribution < 1.29 is 8.78 Å². The van der Waals surface area contributed by atoms with E-state index in [9.17, 15) is 8.78 Å². The van der Waals surface area contributed by atoms with Gasteiger partial charge in [-0.25, -0.2) is 8.78 Å². The summed E-state index contributed by atoms with van der Waals surface area (Å²) < 4.78 is 25.2. The summed E-state index contributed by atoms with van der Waals surface area (Å²) >= 11 is 0. The summed E-state index contributed by atoms with van der Waals surface area (Å²) in [6.07, 6.45) is 1.24. The minimum atomic E-state index is -2.41. The maximum absolute atomic E-state index is 12.6. The Morgan fingerprint density at radius 2 is 1.29 bits per heavy atom. The zero-order valence-electron chi connectivity index (χ0n) is 16.2. The Bertz CT molecular complexity index is 374. The molecule has 0 aromatic carbocycles. The van der Waals surface area contributed by atoms with E-state index >= 15 is 0 Å². The summed E-state index contributed by atoms with van der Waals surface area (Å²) in [6.45, 7) is 14.2. The highest BCUT2D eigenvalue weighted by atomic mass is 19.3. The Kier molecular flexibility index (Phi) is 8.04. The fourth-order valence-corrected chi connectivity index (χ4v) is 3.52. The fourth-order valence-electron chi connectivity index (χ4n) is 3.52. The van der Waals surface area contributed by atoms with Gasteiger partial charge in [0.25, 0.3) is 6.43 Å². The van der Waals surface area contributed by atoms with E-state index < -0.39 is 12.0 Å². The zero-order chi connectivity index (χ0) is 18.5. The number of hydrogen-bond donors (Lipinski definition) is 2. The lowest BCUT2D eigenvalue weighted by atomic mass is 9.90. The molecule has 2 fully saturated rings. The van der Waals surface area contributed by atoms with Crippen LogP contribution in [0.15, 0.2) is 0 Å². The molecule has 2 heterocycles. The molecular formula is C18H38F2N4. The van der Waals surface area contributed by atoms with Crippen LogP contribution in [0.4, 0.5) is 8.78 Å². The average Bonchev–Trinajstić information content (AvgIpc) is 2.46. The zero-order valence-corrected chi connectivity index (χ0v) is 16.2. The van der Waals surface area contributed by atoms with Gasteiger partial charge in [-0.1, -0.05) is 0 Å². The third-order valence-electron chi connectivity index (χ3n) is 5.24. The van der Waals surface area contributed by atoms with Crippen molar-refractivity contribution in [1.82, 2.24) is 9.80 Å². The van der Waals surface area contributed by atoms with Gasteiger partial charge in [0.05, 0.1) is 5.54 Å². The molecule has 2 unspecified atom stereocenters. The summed E-state index contributed by atoms with van der Waals surface area (Å²) in [5, 5.41) is 0. The van der Waals surface area contributed by atoms with Crippen molar-refractivity contribution in [3.8, 4) is 0 Å². The maximum Gasteiger partial charge on any atom is 0.257 e. The number of hydrogen-bond acceptors (Lipinski definition) is 4. The van der Waals surface area contributed by atoms with Gasteiger partial charge in [-0.15, -0.1) is 0 Å². The molecular weight excluding hydrogens is 310 g/mol. The Balaban J connectivity index is 0.000000243. The van der Waals surface area contributed by atoms with Gasteiger partial charge < -0.3 is 11.5 Å². The second-order valence-corrected chi connectivity index (χ2v) is 8.52. The van der Waals surface area contributed by atoms with E-state index in [2.05, 4.69) is 25.7 Å². The number of alkyl halides is 2. The van der Waals surface area contributed by atoms with Crippen molar-refractivity contribution in [2.45, 2.75) is 89.9 Å². The first kappa shape index (κ1) is 21.7. The first-order valence-corrected chi connectivity index (χ1v) is 9.31. The van der Waals surface area contributed by atoms with Crippen LogP contribution < -0.4 is 11.5 Å². The summed E-state index contributed by atoms with van der Waals surface area (Å²) in [5.41, 5.74) is 10.5. The molecule has 4 nitrogen and oxygen atoms in total. The molecule has 0 aromatic rings. The molecule has 4 N–H and O–H groups in total. The van der Waals surface area contributed by atoms with Crippen LogP contribution in [0.1, 0.15) is 60.3 Å². The lowest BCUT2D eigenvalue weighted by Crippen LogP contribution is -2.59. The summed E-state index contributed by atoms with van der Waals surface area (Å²) in [4.78, 5) is 4.49. The van der Waals surface area contributed by atoms with Crippen LogP contribution in [0, 0.1) is 0 Å². The van der Waals surface area contributed by atoms with Crippen molar-refractivity contribution in [3.05, 3.63) is 0 Å². The van der Waals surface area contributed by atoms with Crippen LogP contribution >= 0.6 is 0 Å². The molecule has 0 spiro atoms. The molecule has 2 aliphatic heterocycles. The number of nitrogens with zero attached hydrogens (tertiary/aromatic N) is 2. The van der Waals surface area contributed by atoms with E-state index in [1.54, 1.807) is 0 Å². The van der Waals surface area contributed by atoms with Crippen molar-refractivity contribution in [2.75, 3.05) is 26.2 Å². The number of rotatable bonds is 3. The van der Waals surface area contributed by atoms with E-state index in [-0.39, 0.29) is 5.54 Å². The van der Waals surface area contributed by atoms with E-state index in [1.807, 2.05) is 18.7 Å². The topological polar surface area (TPSA) is 58.5 Å². The number of nitrogens with two attached hydrogens (primary N) is 2. The van der Waals surface area contributed by atoms with E-state index in [1.165, 1.54) is 19.4 Å². The molecule has 0 aromatic heterocycles. The molecule has 0 radical (unpaired) electrons. The molecule has 0 saturated carbocycles. The van der Waals surface area contributed by atoms with E-state index in [0.29, 0.717) is 25.0 Å². The molecule has 2 aliphatic rings. The third kappa shape index (κ3) is 6.54. The lowest BCUT2D eigenvalue weighted by molar-refractivity contribution is -0.00346. The van der Waals surface area contributed by atoms with Gasteiger partial charge in [-0.2, -0.15) is 0 Å². The highest BCUT2D eigenvalue weighted by Crippen LogP contribution is 2.26. The van der Waals surface area contributed by atoms with Crippen molar-refractivity contribution >= 4 is 0 Å². The number of halogens is 2. The van der Waals surface area contributed by atoms with Gasteiger partial charge in [0, 0.05) is 30.7 Å². The average molecular weight is 349 g/mol. The summed E-state index contributed by atoms with van der Waals surface area (Å²) in [6, 6.07) is 0.958. The number of piperidine rings is 2. The normalized spacial score (nSPS) is 33.0. The predicted octanol–water partition coefficient (Wildman–Crippen LogP) is 2.66. The maximum atomic E-state index is 12.6. The first-order valence-electron chi connectivity index (χ1n) is 9.31. The summed E-state index contributed by atoms with van der Waals surface area (Å²) in [5.74, 6) is 0. The van der Waals surface area contributed by atoms with Gasteiger partial charge in [0.15, 0.2) is 0 Å². The Morgan fingerprint density at radius 1 is 0.833 bits per heavy atom. The standard InChI is InChI=1S/C9H18F2N2.C9H20N2/c1-7(2)13-5-3-4-9(12,6-13)8(10)11;1-8(2)11-6-4-5-9(3,10)7-11/h7-8H,3-6,12H2,1-2H3;8H,4-7,10H2,1-3H3. The van der Waals surface area contributed by atoms with Crippen molar-refractivity contribution in [3.63, 3.8) is 0 Å². The second kappa shape index (κ2) is 8.88. The molecule has 2 saturated heterocycles. The second-order valence-electron chi connectivity index (χ2n) is 8.52. The largest absolute Gasteiger partial charge is 0.324 e. The molecule has 6 heteroatoms. The van der Waals surface area contributed by atoms with Crippen LogP contribution in [0.2, 0.25) is 0 Å². The van der Waals surface area contributed by atoms with Crippen LogP contribution in [0.3, 0.4) is 0 Å². The Labute approximate surface area is 146 Å². The van der Waals surface area contributed by atoms with Crippen LogP contribution in [0.25, 0.3) is 0 Å². The van der Waals surface area contributed by atoms with E-state index in [4.69, 9.17) is 11.5 Å². The van der Waals surface area contributed by atoms with Crippen LogP contribution in [0.5, 0.6) is 0 Å². The van der Waals surface area contributed by atoms with Gasteiger partial charge in [-0.3, -0.25) is 9.80 Å². The quantitative estimate of drug-likeness (QED) is 0.823. The SMILES string of the molecule is CC(C)N1CCCC(C)(N)C1.CC(C)N1CCCC(N)(C(F)F)C1. The predicted molar refractivity (Wildman–Crippen MR) is 97.4 cm³/mol. The molecule has 0 amide bonds. The molecule has 2 rings (SSSR count). The third-order valence-corrected chi connectivity index (χ3v) is 5.24. The van der Waals surface area contributed by atoms with Gasteiger partial charge >= 0.3 is 0 Å². The first-order chi connectivity index (χ1) is 11.0. The smallest absolute Gasteiger partial charge is 0.257 e. The fraction of sp³-hybridized carbons (Fsp3) is 1.00. The highest BCUT2D eigenvalue weighted by molar-refractivity contribution is 4.94. The van der Waals surface area contributed by atoms with E-state index in [0.717, 1.165) is 19.5 Å². The number of likely N-dealkylation sites (tertiary alicyclic amines) is 2. The Hall–Kier alpha value is -0.300. The lowest BCUT2D eigenvalue weighted by Gasteiger charge is -2.41. The molecule has 0 aliphatic carbocycles. The van der Waals surface area contributed by atoms with Gasteiger partial charge in [0.1, 0.15) is 0 Å². The highest BCUT2D eigenvalue weighted by Gasteiger charge is 2.40. The molecule has 144 valence electrons. The van der Waals surface area contributed by atoms with Gasteiger partial charge in [-0.05, 0) is 73.4 Å². The Morgan fingerprint density at radius 3 is 1.67 bits per heavy atom. The molecule has 2 atom stereocenters. The van der Waals surface area contributed by atoms with Gasteiger partial charge in [0.2, 0.25) is 0 Å². The van der Waals surface area contributed by atoms with Crippen molar-refractivity contribution in [2.24, 2.45) is 11.5 Å². The minimum absolute atomic E-state index is 0.0581. The summed E-state index contributed by atoms with van der Waals surface area (Å²) in [7, 11) is 0. The molecule has 24 heavy (non-hydrogen) atoms.